The first kappa shape index (κ1) is 12.5. The van der Waals surface area contributed by atoms with Crippen molar-refractivity contribution in [2.75, 3.05) is 21.3 Å². The number of halogens is 1. The molecule has 0 aliphatic heterocycles. The normalized spacial score (nSPS) is 9.44. The van der Waals surface area contributed by atoms with Gasteiger partial charge in [-0.25, -0.2) is 0 Å². The molecule has 1 aromatic rings. The number of nitriles is 1. The van der Waals surface area contributed by atoms with Gasteiger partial charge in [-0.2, -0.15) is 5.26 Å². The summed E-state index contributed by atoms with van der Waals surface area (Å²) in [6.07, 6.45) is 0.155. The van der Waals surface area contributed by atoms with Crippen molar-refractivity contribution in [3.05, 3.63) is 16.7 Å². The lowest BCUT2D eigenvalue weighted by atomic mass is 10.1. The summed E-state index contributed by atoms with van der Waals surface area (Å²) in [6.45, 7) is 0. The van der Waals surface area contributed by atoms with Crippen LogP contribution in [0.1, 0.15) is 5.56 Å². The lowest BCUT2D eigenvalue weighted by molar-refractivity contribution is 0.348. The molecule has 0 heterocycles. The fourth-order valence-electron chi connectivity index (χ4n) is 1.39. The molecule has 0 bridgehead atoms. The molecule has 0 saturated carbocycles. The average Bonchev–Trinajstić information content (AvgIpc) is 2.31. The summed E-state index contributed by atoms with van der Waals surface area (Å²) in [5, 5.41) is 9.07. The second-order valence-corrected chi connectivity index (χ2v) is 3.32. The Morgan fingerprint density at radius 1 is 1.19 bits per heavy atom. The molecule has 0 radical (unpaired) electrons. The number of ether oxygens (including phenoxy) is 3. The molecule has 0 N–H and O–H groups in total. The van der Waals surface area contributed by atoms with E-state index in [-0.39, 0.29) is 6.42 Å². The summed E-state index contributed by atoms with van der Waals surface area (Å²) in [5.41, 5.74) is 0.601. The third kappa shape index (κ3) is 2.15. The molecular formula is C11H12ClNO3. The maximum absolute atomic E-state index is 8.72. The lowest BCUT2D eigenvalue weighted by Crippen LogP contribution is -1.98. The molecule has 4 nitrogen and oxygen atoms in total. The molecule has 86 valence electrons. The molecule has 1 rings (SSSR count). The zero-order valence-corrected chi connectivity index (χ0v) is 10.1. The van der Waals surface area contributed by atoms with E-state index in [4.69, 9.17) is 31.1 Å². The lowest BCUT2D eigenvalue weighted by Gasteiger charge is -2.15. The Hall–Kier alpha value is -1.60. The van der Waals surface area contributed by atoms with E-state index in [1.807, 2.05) is 6.07 Å². The van der Waals surface area contributed by atoms with Gasteiger partial charge in [-0.1, -0.05) is 11.6 Å². The van der Waals surface area contributed by atoms with Crippen molar-refractivity contribution in [3.63, 3.8) is 0 Å². The van der Waals surface area contributed by atoms with Crippen LogP contribution in [0.15, 0.2) is 6.07 Å². The number of rotatable bonds is 4. The van der Waals surface area contributed by atoms with Gasteiger partial charge >= 0.3 is 0 Å². The molecular weight excluding hydrogens is 230 g/mol. The smallest absolute Gasteiger partial charge is 0.179 e. The molecule has 1 aromatic carbocycles. The summed E-state index contributed by atoms with van der Waals surface area (Å²) in [4.78, 5) is 0. The Morgan fingerprint density at radius 3 is 2.25 bits per heavy atom. The van der Waals surface area contributed by atoms with Gasteiger partial charge in [0.05, 0.1) is 38.8 Å². The standard InChI is InChI=1S/C11H12ClNO3/c1-14-8-6-9(15-2)11(16-3)10(12)7(8)4-5-13/h6H,4H2,1-3H3. The zero-order valence-electron chi connectivity index (χ0n) is 9.33. The summed E-state index contributed by atoms with van der Waals surface area (Å²) in [5.74, 6) is 1.41. The third-order valence-corrected chi connectivity index (χ3v) is 2.55. The Labute approximate surface area is 99.3 Å². The molecule has 0 amide bonds. The third-order valence-electron chi connectivity index (χ3n) is 2.15. The Bertz CT molecular complexity index is 426. The molecule has 0 aromatic heterocycles. The van der Waals surface area contributed by atoms with Gasteiger partial charge in [-0.15, -0.1) is 0 Å². The topological polar surface area (TPSA) is 51.5 Å². The fourth-order valence-corrected chi connectivity index (χ4v) is 1.72. The summed E-state index contributed by atoms with van der Waals surface area (Å²) in [6, 6.07) is 3.68. The minimum Gasteiger partial charge on any atom is -0.496 e. The Balaban J connectivity index is 3.43. The number of hydrogen-bond acceptors (Lipinski definition) is 4. The average molecular weight is 242 g/mol. The van der Waals surface area contributed by atoms with Crippen LogP contribution in [0, 0.1) is 11.3 Å². The van der Waals surface area contributed by atoms with E-state index in [9.17, 15) is 0 Å². The van der Waals surface area contributed by atoms with Crippen molar-refractivity contribution >= 4 is 11.6 Å². The van der Waals surface area contributed by atoms with Crippen LogP contribution in [0.3, 0.4) is 0 Å². The van der Waals surface area contributed by atoms with Crippen molar-refractivity contribution in [2.24, 2.45) is 0 Å². The molecule has 0 aliphatic carbocycles. The quantitative estimate of drug-likeness (QED) is 0.812. The molecule has 5 heteroatoms. The maximum atomic E-state index is 8.72. The van der Waals surface area contributed by atoms with Crippen molar-refractivity contribution in [3.8, 4) is 23.3 Å². The molecule has 16 heavy (non-hydrogen) atoms. The summed E-state index contributed by atoms with van der Waals surface area (Å²) in [7, 11) is 4.52. The predicted octanol–water partition coefficient (Wildman–Crippen LogP) is 2.43. The summed E-state index contributed by atoms with van der Waals surface area (Å²) < 4.78 is 15.4. The van der Waals surface area contributed by atoms with E-state index in [1.54, 1.807) is 6.07 Å². The highest BCUT2D eigenvalue weighted by Crippen LogP contribution is 2.42. The fraction of sp³-hybridized carbons (Fsp3) is 0.364. The van der Waals surface area contributed by atoms with Gasteiger partial charge in [0.1, 0.15) is 5.75 Å². The van der Waals surface area contributed by atoms with Gasteiger partial charge in [-0.3, -0.25) is 0 Å². The van der Waals surface area contributed by atoms with E-state index in [0.717, 1.165) is 0 Å². The number of methoxy groups -OCH3 is 3. The first-order valence-electron chi connectivity index (χ1n) is 4.53. The predicted molar refractivity (Wildman–Crippen MR) is 60.4 cm³/mol. The minimum absolute atomic E-state index is 0.155. The first-order valence-corrected chi connectivity index (χ1v) is 4.91. The Kier molecular flexibility index (Phi) is 4.27. The number of benzene rings is 1. The van der Waals surface area contributed by atoms with Gasteiger partial charge in [0.25, 0.3) is 0 Å². The SMILES string of the molecule is COc1cc(OC)c(OC)c(Cl)c1CC#N. The highest BCUT2D eigenvalue weighted by Gasteiger charge is 2.18. The molecule has 0 saturated heterocycles. The molecule has 0 spiro atoms. The van der Waals surface area contributed by atoms with Crippen LogP contribution in [0.2, 0.25) is 5.02 Å². The monoisotopic (exact) mass is 241 g/mol. The van der Waals surface area contributed by atoms with Crippen molar-refractivity contribution in [1.29, 1.82) is 5.26 Å². The number of hydrogen-bond donors (Lipinski definition) is 0. The van der Waals surface area contributed by atoms with E-state index >= 15 is 0 Å². The van der Waals surface area contributed by atoms with Gasteiger partial charge in [-0.05, 0) is 0 Å². The molecule has 0 unspecified atom stereocenters. The summed E-state index contributed by atoms with van der Waals surface area (Å²) >= 11 is 6.12. The van der Waals surface area contributed by atoms with Gasteiger partial charge in [0.15, 0.2) is 11.5 Å². The van der Waals surface area contributed by atoms with E-state index < -0.39 is 0 Å². The van der Waals surface area contributed by atoms with Crippen LogP contribution in [-0.2, 0) is 6.42 Å². The second-order valence-electron chi connectivity index (χ2n) is 2.94. The minimum atomic E-state index is 0.155. The van der Waals surface area contributed by atoms with Crippen LogP contribution in [0.5, 0.6) is 17.2 Å². The van der Waals surface area contributed by atoms with E-state index in [1.165, 1.54) is 21.3 Å². The zero-order chi connectivity index (χ0) is 12.1. The first-order chi connectivity index (χ1) is 7.69. The van der Waals surface area contributed by atoms with Crippen LogP contribution in [-0.4, -0.2) is 21.3 Å². The molecule has 0 aliphatic rings. The van der Waals surface area contributed by atoms with Crippen LogP contribution < -0.4 is 14.2 Å². The molecule has 0 fully saturated rings. The highest BCUT2D eigenvalue weighted by atomic mass is 35.5. The van der Waals surface area contributed by atoms with Crippen LogP contribution in [0.25, 0.3) is 0 Å². The maximum Gasteiger partial charge on any atom is 0.179 e. The molecule has 0 atom stereocenters. The van der Waals surface area contributed by atoms with Crippen molar-refractivity contribution < 1.29 is 14.2 Å². The van der Waals surface area contributed by atoms with Crippen LogP contribution in [0.4, 0.5) is 0 Å². The largest absolute Gasteiger partial charge is 0.496 e. The van der Waals surface area contributed by atoms with Crippen molar-refractivity contribution in [2.45, 2.75) is 6.42 Å². The Morgan fingerprint density at radius 2 is 1.81 bits per heavy atom. The second kappa shape index (κ2) is 5.47. The number of nitrogens with zero attached hydrogens (tertiary/aromatic N) is 1. The van der Waals surface area contributed by atoms with Gasteiger partial charge in [0.2, 0.25) is 0 Å². The van der Waals surface area contributed by atoms with Crippen LogP contribution >= 0.6 is 11.6 Å². The van der Waals surface area contributed by atoms with Crippen molar-refractivity contribution in [1.82, 2.24) is 0 Å². The van der Waals surface area contributed by atoms with E-state index in [0.29, 0.717) is 27.8 Å². The van der Waals surface area contributed by atoms with Gasteiger partial charge < -0.3 is 14.2 Å². The van der Waals surface area contributed by atoms with E-state index in [2.05, 4.69) is 0 Å². The highest BCUT2D eigenvalue weighted by molar-refractivity contribution is 6.33. The van der Waals surface area contributed by atoms with Gasteiger partial charge in [0, 0.05) is 11.6 Å².